The molecule has 0 aliphatic heterocycles. The van der Waals surface area contributed by atoms with Gasteiger partial charge < -0.3 is 9.11 Å². The van der Waals surface area contributed by atoms with Crippen molar-refractivity contribution >= 4 is 65.3 Å². The van der Waals surface area contributed by atoms with Gasteiger partial charge in [-0.15, -0.1) is 0 Å². The second-order valence-corrected chi connectivity index (χ2v) is 16.7. The van der Waals surface area contributed by atoms with E-state index in [1.54, 1.807) is 0 Å². The Labute approximate surface area is 259 Å². The van der Waals surface area contributed by atoms with Crippen LogP contribution in [-0.4, -0.2) is 52.0 Å². The van der Waals surface area contributed by atoms with Gasteiger partial charge in [-0.2, -0.15) is 0 Å². The van der Waals surface area contributed by atoms with E-state index in [1.807, 2.05) is 43.2 Å². The summed E-state index contributed by atoms with van der Waals surface area (Å²) in [4.78, 5) is 0. The molecule has 32 heavy (non-hydrogen) atoms. The van der Waals surface area contributed by atoms with Crippen LogP contribution in [-0.2, 0) is 22.2 Å². The summed E-state index contributed by atoms with van der Waals surface area (Å²) in [5, 5.41) is 0. The molecule has 0 aromatic rings. The Morgan fingerprint density at radius 2 is 1.09 bits per heavy atom. The van der Waals surface area contributed by atoms with Crippen LogP contribution in [0.3, 0.4) is 0 Å². The van der Waals surface area contributed by atoms with Crippen molar-refractivity contribution in [2.45, 2.75) is 38.5 Å². The fourth-order valence-electron chi connectivity index (χ4n) is 6.86. The van der Waals surface area contributed by atoms with Gasteiger partial charge >= 0.3 is 59.1 Å². The van der Waals surface area contributed by atoms with Gasteiger partial charge in [0.05, 0.1) is 5.75 Å². The first-order valence-corrected chi connectivity index (χ1v) is 18.6. The zero-order chi connectivity index (χ0) is 21.1. The van der Waals surface area contributed by atoms with Crippen molar-refractivity contribution in [2.75, 3.05) is 34.5 Å². The molecule has 0 aromatic heterocycles. The molecule has 0 spiro atoms. The van der Waals surface area contributed by atoms with E-state index in [0.717, 1.165) is 34.8 Å². The molecule has 0 amide bonds. The normalized spacial score (nSPS) is 38.9. The summed E-state index contributed by atoms with van der Waals surface area (Å²) in [6.07, 6.45) is 7.69. The van der Waals surface area contributed by atoms with Crippen molar-refractivity contribution in [3.63, 3.8) is 0 Å². The van der Waals surface area contributed by atoms with Gasteiger partial charge in [0.2, 0.25) is 0 Å². The molecule has 4 rings (SSSR count). The zero-order valence-corrected chi connectivity index (χ0v) is 28.1. The van der Waals surface area contributed by atoms with Crippen LogP contribution >= 0.6 is 43.2 Å². The molecule has 4 fully saturated rings. The minimum Gasteiger partial charge on any atom is -0.772 e. The quantitative estimate of drug-likeness (QED) is 0.132. The van der Waals surface area contributed by atoms with Crippen LogP contribution in [0.25, 0.3) is 0 Å². The topological polar surface area (TPSA) is 77.4 Å². The molecule has 0 radical (unpaired) electrons. The standard InChI is InChI=1S/C20H34O4S6.2Na/c21-29(22)11-19-15-3-1-13(7-15)17(19)9-27-25-5-6-26-28-10-18-14-2-4-16(8-14)20(18)12-30(23)24;;/h13-20H,1-12H2,(H,21,22)(H,23,24);;/q;2*+1/p-1/t13-,14-,15+,16+,17-,18-,19-,20-;;/m0../s1. The molecule has 4 saturated carbocycles. The van der Waals surface area contributed by atoms with E-state index in [4.69, 9.17) is 0 Å². The monoisotopic (exact) mass is 575 g/mol. The second kappa shape index (κ2) is 15.9. The van der Waals surface area contributed by atoms with Crippen molar-refractivity contribution < 1.29 is 76.6 Å². The molecule has 4 bridgehead atoms. The molecule has 4 aliphatic carbocycles. The molecule has 0 saturated heterocycles. The van der Waals surface area contributed by atoms with Crippen LogP contribution in [0.1, 0.15) is 38.5 Å². The summed E-state index contributed by atoms with van der Waals surface area (Å²) < 4.78 is 43.1. The van der Waals surface area contributed by atoms with Crippen molar-refractivity contribution in [3.05, 3.63) is 0 Å². The maximum atomic E-state index is 11.3. The van der Waals surface area contributed by atoms with E-state index in [2.05, 4.69) is 0 Å². The van der Waals surface area contributed by atoms with Gasteiger partial charge in [0, 0.05) is 28.8 Å². The zero-order valence-electron chi connectivity index (χ0n) is 19.2. The van der Waals surface area contributed by atoms with Crippen molar-refractivity contribution in [1.82, 2.24) is 0 Å². The summed E-state index contributed by atoms with van der Waals surface area (Å²) in [5.41, 5.74) is 0. The molecule has 0 heterocycles. The van der Waals surface area contributed by atoms with E-state index in [0.29, 0.717) is 47.0 Å². The van der Waals surface area contributed by atoms with Gasteiger partial charge in [0.25, 0.3) is 0 Å². The van der Waals surface area contributed by atoms with Crippen LogP contribution in [0, 0.1) is 47.3 Å². The molecule has 174 valence electrons. The van der Waals surface area contributed by atoms with E-state index in [-0.39, 0.29) is 59.1 Å². The Hall–Kier alpha value is 3.62. The third kappa shape index (κ3) is 8.57. The van der Waals surface area contributed by atoms with Gasteiger partial charge in [-0.05, 0) is 85.9 Å². The second-order valence-electron chi connectivity index (χ2n) is 9.49. The molecule has 10 atom stereocenters. The maximum Gasteiger partial charge on any atom is 1.00 e. The fraction of sp³-hybridized carbons (Fsp3) is 1.00. The predicted octanol–water partition coefficient (Wildman–Crippen LogP) is -0.817. The van der Waals surface area contributed by atoms with Gasteiger partial charge in [0.1, 0.15) is 0 Å². The van der Waals surface area contributed by atoms with E-state index < -0.39 is 22.2 Å². The molecular weight excluding hydrogens is 543 g/mol. The van der Waals surface area contributed by atoms with Gasteiger partial charge in [-0.25, -0.2) is 4.21 Å². The van der Waals surface area contributed by atoms with Crippen molar-refractivity contribution in [3.8, 4) is 0 Å². The first-order chi connectivity index (χ1) is 14.5. The fourth-order valence-corrected chi connectivity index (χ4v) is 14.3. The van der Waals surface area contributed by atoms with E-state index in [1.165, 1.54) is 38.5 Å². The Morgan fingerprint density at radius 3 is 1.50 bits per heavy atom. The number of hydrogen-bond donors (Lipinski definition) is 1. The predicted molar refractivity (Wildman–Crippen MR) is 135 cm³/mol. The largest absolute Gasteiger partial charge is 1.00 e. The number of hydrogen-bond acceptors (Lipinski definition) is 7. The number of fused-ring (bicyclic) bond motifs is 4. The summed E-state index contributed by atoms with van der Waals surface area (Å²) in [7, 11) is 7.82. The van der Waals surface area contributed by atoms with Gasteiger partial charge in [-0.1, -0.05) is 54.3 Å². The molecule has 2 unspecified atom stereocenters. The Bertz CT molecular complexity index is 581. The molecule has 4 aliphatic rings. The van der Waals surface area contributed by atoms with Gasteiger partial charge in [0.15, 0.2) is 11.1 Å². The molecule has 0 aromatic carbocycles. The Morgan fingerprint density at radius 1 is 0.688 bits per heavy atom. The molecule has 4 nitrogen and oxygen atoms in total. The SMILES string of the molecule is O=S([O-])C[C@H]1[C@@H]2CC[C@@H](C2)[C@@H]1CSSCCSSC[C@H]1[C@H]2CC[C@H](C2)[C@@H]1CS(=O)O.[Na+].[Na+]. The van der Waals surface area contributed by atoms with Crippen LogP contribution in [0.4, 0.5) is 0 Å². The average molecular weight is 576 g/mol. The van der Waals surface area contributed by atoms with E-state index >= 15 is 0 Å². The molecule has 12 heteroatoms. The summed E-state index contributed by atoms with van der Waals surface area (Å²) in [6, 6.07) is 0. The van der Waals surface area contributed by atoms with Crippen molar-refractivity contribution in [1.29, 1.82) is 0 Å². The number of rotatable bonds is 13. The third-order valence-corrected chi connectivity index (χ3v) is 14.7. The third-order valence-electron chi connectivity index (χ3n) is 8.15. The summed E-state index contributed by atoms with van der Waals surface area (Å²) in [5.74, 6) is 10.4. The van der Waals surface area contributed by atoms with Gasteiger partial charge in [-0.3, -0.25) is 4.21 Å². The van der Waals surface area contributed by atoms with Crippen LogP contribution in [0.2, 0.25) is 0 Å². The van der Waals surface area contributed by atoms with Crippen LogP contribution in [0.15, 0.2) is 0 Å². The maximum absolute atomic E-state index is 11.3. The van der Waals surface area contributed by atoms with E-state index in [9.17, 15) is 17.5 Å². The van der Waals surface area contributed by atoms with Crippen molar-refractivity contribution in [2.24, 2.45) is 47.3 Å². The smallest absolute Gasteiger partial charge is 0.772 e. The Balaban J connectivity index is 0.00000181. The molecular formula is C20H33Na2O4S6+. The average Bonchev–Trinajstić information content (AvgIpc) is 3.46. The van der Waals surface area contributed by atoms with Crippen LogP contribution in [0.5, 0.6) is 0 Å². The summed E-state index contributed by atoms with van der Waals surface area (Å²) in [6.45, 7) is 0. The van der Waals surface area contributed by atoms with Crippen LogP contribution < -0.4 is 59.1 Å². The minimum atomic E-state index is -1.90. The molecule has 1 N–H and O–H groups in total. The summed E-state index contributed by atoms with van der Waals surface area (Å²) >= 11 is -3.56. The minimum absolute atomic E-state index is 0. The Kier molecular flexibility index (Phi) is 15.8. The first-order valence-electron chi connectivity index (χ1n) is 11.1. The first kappa shape index (κ1) is 31.8.